The number of ether oxygens (including phenoxy) is 1. The number of benzene rings is 1. The number of aliphatic hydroxyl groups is 1. The summed E-state index contributed by atoms with van der Waals surface area (Å²) < 4.78 is 5.51. The van der Waals surface area contributed by atoms with Gasteiger partial charge in [0, 0.05) is 12.7 Å². The van der Waals surface area contributed by atoms with Crippen LogP contribution in [0, 0.1) is 0 Å². The molecule has 5 heteroatoms. The van der Waals surface area contributed by atoms with Crippen molar-refractivity contribution in [2.24, 2.45) is 0 Å². The zero-order valence-electron chi connectivity index (χ0n) is 13.4. The van der Waals surface area contributed by atoms with Crippen molar-refractivity contribution in [1.29, 1.82) is 0 Å². The van der Waals surface area contributed by atoms with Gasteiger partial charge in [-0.05, 0) is 31.9 Å². The lowest BCUT2D eigenvalue weighted by Gasteiger charge is -2.18. The molecule has 2 aromatic rings. The number of amides is 1. The molecular formula is C18H22N2O3. The van der Waals surface area contributed by atoms with E-state index in [1.807, 2.05) is 44.2 Å². The Hall–Kier alpha value is -2.40. The maximum absolute atomic E-state index is 12.4. The van der Waals surface area contributed by atoms with Gasteiger partial charge in [0.15, 0.2) is 0 Å². The maximum atomic E-state index is 12.4. The van der Waals surface area contributed by atoms with Crippen LogP contribution in [0.25, 0.3) is 0 Å². The molecule has 0 saturated carbocycles. The summed E-state index contributed by atoms with van der Waals surface area (Å²) in [5.74, 6) is 0.132. The summed E-state index contributed by atoms with van der Waals surface area (Å²) in [5.41, 5.74) is 1.24. The Bertz CT molecular complexity index is 629. The van der Waals surface area contributed by atoms with Gasteiger partial charge >= 0.3 is 0 Å². The first kappa shape index (κ1) is 17.0. The zero-order chi connectivity index (χ0) is 16.7. The molecule has 2 rings (SSSR count). The zero-order valence-corrected chi connectivity index (χ0v) is 13.4. The van der Waals surface area contributed by atoms with Crippen LogP contribution >= 0.6 is 0 Å². The van der Waals surface area contributed by atoms with E-state index in [2.05, 4.69) is 10.3 Å². The highest BCUT2D eigenvalue weighted by molar-refractivity contribution is 5.92. The van der Waals surface area contributed by atoms with E-state index >= 15 is 0 Å². The Morgan fingerprint density at radius 2 is 1.91 bits per heavy atom. The SMILES string of the molecule is CC(C)Oc1cccc(C(=O)NC(CCO)c2ccccc2)n1. The van der Waals surface area contributed by atoms with Gasteiger partial charge in [0.25, 0.3) is 5.91 Å². The molecule has 0 aliphatic carbocycles. The quantitative estimate of drug-likeness (QED) is 0.824. The lowest BCUT2D eigenvalue weighted by atomic mass is 10.0. The largest absolute Gasteiger partial charge is 0.475 e. The van der Waals surface area contributed by atoms with Crippen molar-refractivity contribution in [3.05, 3.63) is 59.8 Å². The minimum atomic E-state index is -0.290. The number of hydrogen-bond acceptors (Lipinski definition) is 4. The molecule has 0 fully saturated rings. The van der Waals surface area contributed by atoms with Crippen LogP contribution < -0.4 is 10.1 Å². The van der Waals surface area contributed by atoms with E-state index in [1.165, 1.54) is 0 Å². The normalized spacial score (nSPS) is 12.0. The molecule has 122 valence electrons. The molecule has 0 bridgehead atoms. The number of nitrogens with zero attached hydrogens (tertiary/aromatic N) is 1. The second-order valence-electron chi connectivity index (χ2n) is 5.48. The number of nitrogens with one attached hydrogen (secondary N) is 1. The average molecular weight is 314 g/mol. The number of carbonyl (C=O) groups is 1. The fourth-order valence-electron chi connectivity index (χ4n) is 2.22. The summed E-state index contributed by atoms with van der Waals surface area (Å²) >= 11 is 0. The number of aromatic nitrogens is 1. The van der Waals surface area contributed by atoms with Gasteiger partial charge in [0.2, 0.25) is 5.88 Å². The lowest BCUT2D eigenvalue weighted by molar-refractivity contribution is 0.0923. The third kappa shape index (κ3) is 5.07. The molecule has 5 nitrogen and oxygen atoms in total. The summed E-state index contributed by atoms with van der Waals surface area (Å²) in [6.07, 6.45) is 0.435. The first-order valence-corrected chi connectivity index (χ1v) is 7.70. The van der Waals surface area contributed by atoms with Gasteiger partial charge in [-0.1, -0.05) is 36.4 Å². The molecule has 1 atom stereocenters. The first-order chi connectivity index (χ1) is 11.1. The minimum absolute atomic E-state index is 0.00716. The lowest BCUT2D eigenvalue weighted by Crippen LogP contribution is -2.30. The molecular weight excluding hydrogens is 292 g/mol. The third-order valence-electron chi connectivity index (χ3n) is 3.24. The number of rotatable bonds is 7. The van der Waals surface area contributed by atoms with Crippen LogP contribution in [-0.2, 0) is 0 Å². The van der Waals surface area contributed by atoms with Crippen molar-refractivity contribution >= 4 is 5.91 Å². The van der Waals surface area contributed by atoms with Gasteiger partial charge in [-0.3, -0.25) is 4.79 Å². The summed E-state index contributed by atoms with van der Waals surface area (Å²) in [7, 11) is 0. The summed E-state index contributed by atoms with van der Waals surface area (Å²) in [4.78, 5) is 16.7. The smallest absolute Gasteiger partial charge is 0.270 e. The molecule has 1 heterocycles. The molecule has 1 amide bonds. The second-order valence-corrected chi connectivity index (χ2v) is 5.48. The van der Waals surface area contributed by atoms with Crippen molar-refractivity contribution < 1.29 is 14.6 Å². The monoisotopic (exact) mass is 314 g/mol. The van der Waals surface area contributed by atoms with Crippen molar-refractivity contribution in [2.75, 3.05) is 6.61 Å². The van der Waals surface area contributed by atoms with E-state index in [1.54, 1.807) is 18.2 Å². The van der Waals surface area contributed by atoms with E-state index in [0.717, 1.165) is 5.56 Å². The van der Waals surface area contributed by atoms with E-state index < -0.39 is 0 Å². The Balaban J connectivity index is 2.12. The molecule has 23 heavy (non-hydrogen) atoms. The fraction of sp³-hybridized carbons (Fsp3) is 0.333. The molecule has 0 spiro atoms. The van der Waals surface area contributed by atoms with Crippen LogP contribution in [-0.4, -0.2) is 28.7 Å². The summed E-state index contributed by atoms with van der Waals surface area (Å²) in [6.45, 7) is 3.80. The van der Waals surface area contributed by atoms with E-state index in [9.17, 15) is 9.90 Å². The maximum Gasteiger partial charge on any atom is 0.270 e. The number of aliphatic hydroxyl groups excluding tert-OH is 1. The van der Waals surface area contributed by atoms with Crippen LogP contribution in [0.2, 0.25) is 0 Å². The first-order valence-electron chi connectivity index (χ1n) is 7.70. The standard InChI is InChI=1S/C18H22N2O3/c1-13(2)23-17-10-6-9-16(19-17)18(22)20-15(11-12-21)14-7-4-3-5-8-14/h3-10,13,15,21H,11-12H2,1-2H3,(H,20,22). The molecule has 1 aromatic heterocycles. The van der Waals surface area contributed by atoms with Gasteiger partial charge in [-0.2, -0.15) is 0 Å². The highest BCUT2D eigenvalue weighted by Crippen LogP contribution is 2.17. The molecule has 0 radical (unpaired) electrons. The topological polar surface area (TPSA) is 71.5 Å². The van der Waals surface area contributed by atoms with Gasteiger partial charge in [-0.25, -0.2) is 4.98 Å². The molecule has 1 unspecified atom stereocenters. The van der Waals surface area contributed by atoms with Gasteiger partial charge in [-0.15, -0.1) is 0 Å². The van der Waals surface area contributed by atoms with Crippen molar-refractivity contribution in [3.63, 3.8) is 0 Å². The molecule has 0 aliphatic heterocycles. The van der Waals surface area contributed by atoms with Crippen LogP contribution in [0.4, 0.5) is 0 Å². The Morgan fingerprint density at radius 3 is 2.57 bits per heavy atom. The highest BCUT2D eigenvalue weighted by atomic mass is 16.5. The predicted octanol–water partition coefficient (Wildman–Crippen LogP) is 2.72. The highest BCUT2D eigenvalue weighted by Gasteiger charge is 2.16. The van der Waals surface area contributed by atoms with Gasteiger partial charge in [0.05, 0.1) is 12.1 Å². The molecule has 1 aromatic carbocycles. The molecule has 0 aliphatic rings. The summed E-state index contributed by atoms with van der Waals surface area (Å²) in [5, 5.41) is 12.2. The Morgan fingerprint density at radius 1 is 1.17 bits per heavy atom. The predicted molar refractivity (Wildman–Crippen MR) is 88.4 cm³/mol. The summed E-state index contributed by atoms with van der Waals surface area (Å²) in [6, 6.07) is 14.4. The Labute approximate surface area is 136 Å². The van der Waals surface area contributed by atoms with Gasteiger partial charge in [0.1, 0.15) is 5.69 Å². The van der Waals surface area contributed by atoms with E-state index in [-0.39, 0.29) is 24.7 Å². The van der Waals surface area contributed by atoms with Crippen molar-refractivity contribution in [1.82, 2.24) is 10.3 Å². The second kappa shape index (κ2) is 8.29. The van der Waals surface area contributed by atoms with Crippen LogP contribution in [0.3, 0.4) is 0 Å². The van der Waals surface area contributed by atoms with Crippen LogP contribution in [0.1, 0.15) is 42.4 Å². The van der Waals surface area contributed by atoms with Crippen molar-refractivity contribution in [2.45, 2.75) is 32.4 Å². The van der Waals surface area contributed by atoms with Gasteiger partial charge < -0.3 is 15.2 Å². The fourth-order valence-corrected chi connectivity index (χ4v) is 2.22. The van der Waals surface area contributed by atoms with E-state index in [0.29, 0.717) is 18.0 Å². The van der Waals surface area contributed by atoms with Crippen molar-refractivity contribution in [3.8, 4) is 5.88 Å². The average Bonchev–Trinajstić information content (AvgIpc) is 2.55. The number of hydrogen-bond donors (Lipinski definition) is 2. The number of pyridine rings is 1. The molecule has 2 N–H and O–H groups in total. The Kier molecular flexibility index (Phi) is 6.11. The third-order valence-corrected chi connectivity index (χ3v) is 3.24. The number of carbonyl (C=O) groups excluding carboxylic acids is 1. The van der Waals surface area contributed by atoms with Crippen LogP contribution in [0.5, 0.6) is 5.88 Å². The molecule has 0 saturated heterocycles. The van der Waals surface area contributed by atoms with Crippen LogP contribution in [0.15, 0.2) is 48.5 Å². The minimum Gasteiger partial charge on any atom is -0.475 e. The van der Waals surface area contributed by atoms with E-state index in [4.69, 9.17) is 4.74 Å².